The van der Waals surface area contributed by atoms with Crippen LogP contribution in [0.25, 0.3) is 0 Å². The van der Waals surface area contributed by atoms with E-state index >= 15 is 0 Å². The maximum atomic E-state index is 11.6. The lowest BCUT2D eigenvalue weighted by Gasteiger charge is -2.14. The molecule has 5 heteroatoms. The van der Waals surface area contributed by atoms with Gasteiger partial charge >= 0.3 is 0 Å². The highest BCUT2D eigenvalue weighted by atomic mass is 16.2. The number of hydrogen-bond donors (Lipinski definition) is 2. The first-order chi connectivity index (χ1) is 7.24. The summed E-state index contributed by atoms with van der Waals surface area (Å²) in [7, 11) is 0. The molecule has 0 radical (unpaired) electrons. The molecule has 15 heavy (non-hydrogen) atoms. The second-order valence-corrected chi connectivity index (χ2v) is 3.64. The molecule has 0 bridgehead atoms. The van der Waals surface area contributed by atoms with E-state index in [0.29, 0.717) is 18.9 Å². The number of likely N-dealkylation sites (tertiary alicyclic amines) is 1. The standard InChI is InChI=1S/C10H20N4O/c1-2-12-10(11)13-6-5-9(15)14-7-3-4-8-14/h2-8H2,1H3,(H3,11,12,13). The molecule has 0 saturated carbocycles. The van der Waals surface area contributed by atoms with E-state index in [0.717, 1.165) is 32.5 Å². The van der Waals surface area contributed by atoms with Crippen LogP contribution >= 0.6 is 0 Å². The third kappa shape index (κ3) is 4.18. The monoisotopic (exact) mass is 212 g/mol. The average Bonchev–Trinajstić information content (AvgIpc) is 2.70. The van der Waals surface area contributed by atoms with Crippen molar-refractivity contribution in [2.75, 3.05) is 26.2 Å². The van der Waals surface area contributed by atoms with Crippen molar-refractivity contribution >= 4 is 11.9 Å². The van der Waals surface area contributed by atoms with Gasteiger partial charge in [0.25, 0.3) is 0 Å². The van der Waals surface area contributed by atoms with Crippen LogP contribution in [0.1, 0.15) is 26.2 Å². The first kappa shape index (κ1) is 11.8. The molecule has 1 aliphatic heterocycles. The fourth-order valence-corrected chi connectivity index (χ4v) is 1.63. The van der Waals surface area contributed by atoms with E-state index in [-0.39, 0.29) is 5.91 Å². The molecule has 5 nitrogen and oxygen atoms in total. The van der Waals surface area contributed by atoms with Crippen LogP contribution in [0, 0.1) is 0 Å². The van der Waals surface area contributed by atoms with E-state index in [4.69, 9.17) is 5.73 Å². The van der Waals surface area contributed by atoms with Gasteiger partial charge in [0.15, 0.2) is 5.96 Å². The fraction of sp³-hybridized carbons (Fsp3) is 0.800. The number of nitrogens with one attached hydrogen (secondary N) is 1. The Labute approximate surface area is 90.7 Å². The summed E-state index contributed by atoms with van der Waals surface area (Å²) in [6, 6.07) is 0. The molecule has 0 aromatic heterocycles. The molecule has 1 amide bonds. The van der Waals surface area contributed by atoms with Crippen molar-refractivity contribution in [3.05, 3.63) is 0 Å². The summed E-state index contributed by atoms with van der Waals surface area (Å²) in [5.41, 5.74) is 5.54. The van der Waals surface area contributed by atoms with Gasteiger partial charge in [0.1, 0.15) is 0 Å². The predicted octanol–water partition coefficient (Wildman–Crippen LogP) is -0.0769. The Morgan fingerprint density at radius 1 is 1.47 bits per heavy atom. The van der Waals surface area contributed by atoms with Crippen LogP contribution < -0.4 is 11.1 Å². The third-order valence-electron chi connectivity index (χ3n) is 2.42. The predicted molar refractivity (Wildman–Crippen MR) is 60.6 cm³/mol. The van der Waals surface area contributed by atoms with Gasteiger partial charge in [-0.1, -0.05) is 0 Å². The molecule has 1 fully saturated rings. The zero-order valence-electron chi connectivity index (χ0n) is 9.33. The van der Waals surface area contributed by atoms with Crippen LogP contribution in [0.5, 0.6) is 0 Å². The molecule has 0 unspecified atom stereocenters. The Morgan fingerprint density at radius 3 is 2.73 bits per heavy atom. The molecular weight excluding hydrogens is 192 g/mol. The molecular formula is C10H20N4O. The lowest BCUT2D eigenvalue weighted by atomic mass is 10.4. The zero-order chi connectivity index (χ0) is 11.1. The Bertz CT molecular complexity index is 234. The van der Waals surface area contributed by atoms with Crippen molar-refractivity contribution in [1.82, 2.24) is 10.2 Å². The lowest BCUT2D eigenvalue weighted by Crippen LogP contribution is -2.32. The SMILES string of the molecule is CCNC(N)=NCCC(=O)N1CCCC1. The van der Waals surface area contributed by atoms with Gasteiger partial charge in [0.05, 0.1) is 6.54 Å². The van der Waals surface area contributed by atoms with E-state index < -0.39 is 0 Å². The molecule has 0 atom stereocenters. The van der Waals surface area contributed by atoms with E-state index in [2.05, 4.69) is 10.3 Å². The Morgan fingerprint density at radius 2 is 2.13 bits per heavy atom. The molecule has 1 saturated heterocycles. The Hall–Kier alpha value is -1.26. The maximum Gasteiger partial charge on any atom is 0.224 e. The number of carbonyl (C=O) groups is 1. The molecule has 86 valence electrons. The fourth-order valence-electron chi connectivity index (χ4n) is 1.63. The van der Waals surface area contributed by atoms with Gasteiger partial charge in [-0.2, -0.15) is 0 Å². The van der Waals surface area contributed by atoms with Gasteiger partial charge in [-0.05, 0) is 19.8 Å². The topological polar surface area (TPSA) is 70.7 Å². The quantitative estimate of drug-likeness (QED) is 0.506. The number of rotatable bonds is 4. The molecule has 3 N–H and O–H groups in total. The summed E-state index contributed by atoms with van der Waals surface area (Å²) in [5, 5.41) is 2.89. The zero-order valence-corrected chi connectivity index (χ0v) is 9.33. The minimum atomic E-state index is 0.195. The van der Waals surface area contributed by atoms with Crippen molar-refractivity contribution in [2.45, 2.75) is 26.2 Å². The number of carbonyl (C=O) groups excluding carboxylic acids is 1. The molecule has 1 rings (SSSR count). The molecule has 0 aromatic carbocycles. The van der Waals surface area contributed by atoms with Crippen LogP contribution in [0.3, 0.4) is 0 Å². The van der Waals surface area contributed by atoms with Gasteiger partial charge in [0.2, 0.25) is 5.91 Å². The number of nitrogens with two attached hydrogens (primary N) is 1. The summed E-state index contributed by atoms with van der Waals surface area (Å²) in [6.45, 7) is 5.01. The first-order valence-electron chi connectivity index (χ1n) is 5.55. The number of aliphatic imine (C=N–C) groups is 1. The van der Waals surface area contributed by atoms with Gasteiger partial charge in [-0.3, -0.25) is 9.79 Å². The summed E-state index contributed by atoms with van der Waals surface area (Å²) in [6.07, 6.45) is 2.73. The van der Waals surface area contributed by atoms with Gasteiger partial charge in [0, 0.05) is 26.1 Å². The van der Waals surface area contributed by atoms with E-state index in [1.165, 1.54) is 0 Å². The second kappa shape index (κ2) is 6.27. The van der Waals surface area contributed by atoms with Crippen LogP contribution in [0.2, 0.25) is 0 Å². The van der Waals surface area contributed by atoms with Crippen LogP contribution in [0.4, 0.5) is 0 Å². The molecule has 0 spiro atoms. The van der Waals surface area contributed by atoms with E-state index in [9.17, 15) is 4.79 Å². The highest BCUT2D eigenvalue weighted by Crippen LogP contribution is 2.08. The average molecular weight is 212 g/mol. The number of nitrogens with zero attached hydrogens (tertiary/aromatic N) is 2. The summed E-state index contributed by atoms with van der Waals surface area (Å²) >= 11 is 0. The van der Waals surface area contributed by atoms with Crippen molar-refractivity contribution in [3.63, 3.8) is 0 Å². The molecule has 0 aromatic rings. The molecule has 0 aliphatic carbocycles. The summed E-state index contributed by atoms with van der Waals surface area (Å²) < 4.78 is 0. The molecule has 1 heterocycles. The van der Waals surface area contributed by atoms with Gasteiger partial charge < -0.3 is 16.0 Å². The number of hydrogen-bond acceptors (Lipinski definition) is 2. The van der Waals surface area contributed by atoms with Crippen LogP contribution in [0.15, 0.2) is 4.99 Å². The minimum absolute atomic E-state index is 0.195. The van der Waals surface area contributed by atoms with Crippen molar-refractivity contribution in [1.29, 1.82) is 0 Å². The minimum Gasteiger partial charge on any atom is -0.370 e. The van der Waals surface area contributed by atoms with Gasteiger partial charge in [-0.25, -0.2) is 0 Å². The van der Waals surface area contributed by atoms with Crippen molar-refractivity contribution in [3.8, 4) is 0 Å². The lowest BCUT2D eigenvalue weighted by molar-refractivity contribution is -0.129. The van der Waals surface area contributed by atoms with Crippen molar-refractivity contribution in [2.24, 2.45) is 10.7 Å². The van der Waals surface area contributed by atoms with Crippen LogP contribution in [-0.4, -0.2) is 42.9 Å². The smallest absolute Gasteiger partial charge is 0.224 e. The maximum absolute atomic E-state index is 11.6. The molecule has 1 aliphatic rings. The summed E-state index contributed by atoms with van der Waals surface area (Å²) in [5.74, 6) is 0.618. The number of amides is 1. The highest BCUT2D eigenvalue weighted by Gasteiger charge is 2.16. The Kier molecular flexibility index (Phi) is 4.93. The second-order valence-electron chi connectivity index (χ2n) is 3.64. The summed E-state index contributed by atoms with van der Waals surface area (Å²) in [4.78, 5) is 17.5. The van der Waals surface area contributed by atoms with Gasteiger partial charge in [-0.15, -0.1) is 0 Å². The largest absolute Gasteiger partial charge is 0.370 e. The third-order valence-corrected chi connectivity index (χ3v) is 2.42. The normalized spacial score (nSPS) is 16.9. The van der Waals surface area contributed by atoms with E-state index in [1.54, 1.807) is 0 Å². The van der Waals surface area contributed by atoms with Crippen molar-refractivity contribution < 1.29 is 4.79 Å². The highest BCUT2D eigenvalue weighted by molar-refractivity contribution is 5.79. The number of guanidine groups is 1. The Balaban J connectivity index is 2.18. The van der Waals surface area contributed by atoms with E-state index in [1.807, 2.05) is 11.8 Å². The first-order valence-corrected chi connectivity index (χ1v) is 5.55. The van der Waals surface area contributed by atoms with Crippen LogP contribution in [-0.2, 0) is 4.79 Å².